The molecule has 1 amide bonds. The fraction of sp³-hybridized carbons (Fsp3) is 0.333. The van der Waals surface area contributed by atoms with Crippen molar-refractivity contribution in [2.45, 2.75) is 52.9 Å². The molecule has 1 aliphatic rings. The van der Waals surface area contributed by atoms with Gasteiger partial charge >= 0.3 is 12.1 Å². The van der Waals surface area contributed by atoms with E-state index in [9.17, 15) is 14.7 Å². The lowest BCUT2D eigenvalue weighted by Gasteiger charge is -2.30. The van der Waals surface area contributed by atoms with E-state index >= 15 is 0 Å². The molecule has 0 saturated carbocycles. The molecule has 1 saturated heterocycles. The Morgan fingerprint density at radius 2 is 1.83 bits per heavy atom. The van der Waals surface area contributed by atoms with Gasteiger partial charge in [0.25, 0.3) is 0 Å². The molecule has 3 aromatic heterocycles. The van der Waals surface area contributed by atoms with Crippen LogP contribution in [0.3, 0.4) is 0 Å². The Labute approximate surface area is 250 Å². The zero-order valence-corrected chi connectivity index (χ0v) is 25.3. The second-order valence-corrected chi connectivity index (χ2v) is 11.8. The average Bonchev–Trinajstić information content (AvgIpc) is 3.60. The number of rotatable bonds is 8. The first-order valence-corrected chi connectivity index (χ1v) is 15.2. The number of carbonyl (C=O) groups is 2. The number of aryl methyl sites for hydroxylation is 2. The van der Waals surface area contributed by atoms with Crippen LogP contribution < -0.4 is 0 Å². The minimum atomic E-state index is -0.828. The molecule has 0 spiro atoms. The molecule has 218 valence electrons. The van der Waals surface area contributed by atoms with Crippen LogP contribution in [0.1, 0.15) is 75.8 Å². The van der Waals surface area contributed by atoms with Gasteiger partial charge in [0.1, 0.15) is 5.56 Å². The van der Waals surface area contributed by atoms with Crippen LogP contribution in [0, 0.1) is 13.8 Å². The highest BCUT2D eigenvalue weighted by Crippen LogP contribution is 2.34. The van der Waals surface area contributed by atoms with Gasteiger partial charge < -0.3 is 14.7 Å². The van der Waals surface area contributed by atoms with E-state index in [4.69, 9.17) is 9.72 Å². The van der Waals surface area contributed by atoms with Crippen molar-refractivity contribution in [3.63, 3.8) is 0 Å². The molecule has 1 aromatic carbocycles. The van der Waals surface area contributed by atoms with Crippen LogP contribution in [-0.4, -0.2) is 56.5 Å². The van der Waals surface area contributed by atoms with Crippen LogP contribution in [-0.2, 0) is 11.2 Å². The highest BCUT2D eigenvalue weighted by atomic mass is 32.1. The maximum Gasteiger partial charge on any atom is 0.407 e. The van der Waals surface area contributed by atoms with Gasteiger partial charge in [0, 0.05) is 18.0 Å². The summed E-state index contributed by atoms with van der Waals surface area (Å²) in [4.78, 5) is 32.4. The number of aromatic nitrogens is 3. The van der Waals surface area contributed by atoms with E-state index in [2.05, 4.69) is 55.4 Å². The van der Waals surface area contributed by atoms with Gasteiger partial charge in [-0.2, -0.15) is 5.10 Å². The van der Waals surface area contributed by atoms with Crippen LogP contribution in [0.4, 0.5) is 4.79 Å². The SMILES string of the molecule is CCOC(=O)c1cnn(-c2cccc(-c3sc(C)cc3/C=C\c3ccc(C4CCN(C(=O)O)CC4)cc3C)n2)c1CC. The molecule has 8 nitrogen and oxygen atoms in total. The van der Waals surface area contributed by atoms with Crippen molar-refractivity contribution in [2.75, 3.05) is 19.7 Å². The minimum Gasteiger partial charge on any atom is -0.465 e. The number of pyridine rings is 1. The number of piperidine rings is 1. The number of carboxylic acid groups (broad SMARTS) is 1. The number of hydrogen-bond acceptors (Lipinski definition) is 6. The quantitative estimate of drug-likeness (QED) is 0.217. The summed E-state index contributed by atoms with van der Waals surface area (Å²) in [6.07, 6.45) is 7.35. The zero-order valence-electron chi connectivity index (χ0n) is 24.5. The maximum atomic E-state index is 12.4. The van der Waals surface area contributed by atoms with E-state index in [0.717, 1.165) is 40.2 Å². The first kappa shape index (κ1) is 29.3. The number of benzene rings is 1. The smallest absolute Gasteiger partial charge is 0.407 e. The Hall–Kier alpha value is -4.24. The third-order valence-electron chi connectivity index (χ3n) is 7.74. The molecule has 5 rings (SSSR count). The number of carbonyl (C=O) groups excluding carboxylic acids is 1. The zero-order chi connectivity index (χ0) is 29.8. The largest absolute Gasteiger partial charge is 0.465 e. The van der Waals surface area contributed by atoms with Gasteiger partial charge in [0.15, 0.2) is 5.82 Å². The Morgan fingerprint density at radius 3 is 2.52 bits per heavy atom. The van der Waals surface area contributed by atoms with E-state index in [-0.39, 0.29) is 5.97 Å². The number of likely N-dealkylation sites (tertiary alicyclic amines) is 1. The summed E-state index contributed by atoms with van der Waals surface area (Å²) in [6, 6.07) is 14.6. The van der Waals surface area contributed by atoms with Crippen molar-refractivity contribution in [3.8, 4) is 16.4 Å². The minimum absolute atomic E-state index is 0.312. The van der Waals surface area contributed by atoms with Gasteiger partial charge in [-0.3, -0.25) is 0 Å². The van der Waals surface area contributed by atoms with Gasteiger partial charge in [-0.15, -0.1) is 11.3 Å². The predicted octanol–water partition coefficient (Wildman–Crippen LogP) is 7.38. The summed E-state index contributed by atoms with van der Waals surface area (Å²) in [5, 5.41) is 13.7. The summed E-state index contributed by atoms with van der Waals surface area (Å²) >= 11 is 1.70. The average molecular weight is 585 g/mol. The third-order valence-corrected chi connectivity index (χ3v) is 8.83. The first-order chi connectivity index (χ1) is 20.3. The van der Waals surface area contributed by atoms with Crippen molar-refractivity contribution in [3.05, 3.63) is 87.0 Å². The Bertz CT molecular complexity index is 1630. The molecule has 0 atom stereocenters. The maximum absolute atomic E-state index is 12.4. The standard InChI is InChI=1S/C33H36N4O4S/c1-5-29-27(32(38)41-6-2)20-34-37(29)30-9-7-8-28(35-30)31-26(19-22(4)42-31)13-11-23-10-12-25(18-21(23)3)24-14-16-36(17-15-24)33(39)40/h7-13,18-20,24H,5-6,14-17H2,1-4H3,(H,39,40)/b13-11-. The van der Waals surface area contributed by atoms with Gasteiger partial charge in [-0.1, -0.05) is 43.3 Å². The highest BCUT2D eigenvalue weighted by Gasteiger charge is 2.24. The molecule has 1 fully saturated rings. The van der Waals surface area contributed by atoms with Gasteiger partial charge in [0.05, 0.1) is 29.1 Å². The molecule has 1 aliphatic heterocycles. The van der Waals surface area contributed by atoms with Crippen molar-refractivity contribution in [1.82, 2.24) is 19.7 Å². The molecule has 0 bridgehead atoms. The van der Waals surface area contributed by atoms with E-state index in [0.29, 0.717) is 43.4 Å². The van der Waals surface area contributed by atoms with Crippen LogP contribution >= 0.6 is 11.3 Å². The van der Waals surface area contributed by atoms with Gasteiger partial charge in [-0.25, -0.2) is 19.3 Å². The lowest BCUT2D eigenvalue weighted by atomic mass is 9.88. The molecule has 4 heterocycles. The lowest BCUT2D eigenvalue weighted by Crippen LogP contribution is -2.36. The van der Waals surface area contributed by atoms with Crippen LogP contribution in [0.2, 0.25) is 0 Å². The molecule has 1 N–H and O–H groups in total. The van der Waals surface area contributed by atoms with Crippen molar-refractivity contribution >= 4 is 35.6 Å². The molecule has 0 unspecified atom stereocenters. The van der Waals surface area contributed by atoms with E-state index in [1.54, 1.807) is 29.1 Å². The fourth-order valence-electron chi connectivity index (χ4n) is 5.54. The van der Waals surface area contributed by atoms with Crippen molar-refractivity contribution in [2.24, 2.45) is 0 Å². The molecular formula is C33H36N4O4S. The molecule has 0 radical (unpaired) electrons. The predicted molar refractivity (Wildman–Crippen MR) is 166 cm³/mol. The number of amides is 1. The molecule has 42 heavy (non-hydrogen) atoms. The summed E-state index contributed by atoms with van der Waals surface area (Å²) < 4.78 is 6.94. The van der Waals surface area contributed by atoms with Crippen molar-refractivity contribution in [1.29, 1.82) is 0 Å². The van der Waals surface area contributed by atoms with Crippen LogP contribution in [0.25, 0.3) is 28.5 Å². The summed E-state index contributed by atoms with van der Waals surface area (Å²) in [5.41, 5.74) is 6.80. The monoisotopic (exact) mass is 584 g/mol. The summed E-state index contributed by atoms with van der Waals surface area (Å²) in [6.45, 7) is 9.49. The topological polar surface area (TPSA) is 97.6 Å². The Kier molecular flexibility index (Phi) is 8.87. The summed E-state index contributed by atoms with van der Waals surface area (Å²) in [7, 11) is 0. The van der Waals surface area contributed by atoms with E-state index < -0.39 is 6.09 Å². The van der Waals surface area contributed by atoms with Crippen LogP contribution in [0.15, 0.2) is 48.7 Å². The molecule has 0 aliphatic carbocycles. The van der Waals surface area contributed by atoms with Gasteiger partial charge in [-0.05, 0) is 86.4 Å². The van der Waals surface area contributed by atoms with Crippen molar-refractivity contribution < 1.29 is 19.4 Å². The second kappa shape index (κ2) is 12.7. The number of hydrogen-bond donors (Lipinski definition) is 1. The first-order valence-electron chi connectivity index (χ1n) is 14.4. The number of ether oxygens (including phenoxy) is 1. The normalized spacial score (nSPS) is 14.0. The van der Waals surface area contributed by atoms with Crippen LogP contribution in [0.5, 0.6) is 0 Å². The van der Waals surface area contributed by atoms with E-state index in [1.807, 2.05) is 25.1 Å². The highest BCUT2D eigenvalue weighted by molar-refractivity contribution is 7.15. The second-order valence-electron chi connectivity index (χ2n) is 10.5. The Balaban J connectivity index is 1.38. The number of nitrogens with zero attached hydrogens (tertiary/aromatic N) is 4. The molecule has 4 aromatic rings. The Morgan fingerprint density at radius 1 is 1.07 bits per heavy atom. The van der Waals surface area contributed by atoms with Gasteiger partial charge in [0.2, 0.25) is 0 Å². The molecular weight excluding hydrogens is 548 g/mol. The fourth-order valence-corrected chi connectivity index (χ4v) is 6.51. The lowest BCUT2D eigenvalue weighted by molar-refractivity contribution is 0.0525. The van der Waals surface area contributed by atoms with E-state index in [1.165, 1.54) is 20.9 Å². The number of esters is 1. The summed E-state index contributed by atoms with van der Waals surface area (Å²) in [5.74, 6) is 0.671. The number of thiophene rings is 1. The third kappa shape index (κ3) is 6.16. The molecule has 9 heteroatoms.